The second-order valence-electron chi connectivity index (χ2n) is 5.16. The summed E-state index contributed by atoms with van der Waals surface area (Å²) in [5.41, 5.74) is 0.595. The normalized spacial score (nSPS) is 12.2. The molecule has 5 nitrogen and oxygen atoms in total. The molecule has 0 aliphatic carbocycles. The Morgan fingerprint density at radius 2 is 2.10 bits per heavy atom. The number of rotatable bonds is 6. The lowest BCUT2D eigenvalue weighted by Crippen LogP contribution is -2.22. The number of aliphatic hydroxyl groups is 1. The number of hydrogen-bond donors (Lipinski definition) is 2. The van der Waals surface area contributed by atoms with Crippen molar-refractivity contribution in [3.8, 4) is 0 Å². The average Bonchev–Trinajstić information content (AvgIpc) is 3.02. The number of aryl methyl sites for hydroxylation is 1. The van der Waals surface area contributed by atoms with Gasteiger partial charge in [-0.15, -0.1) is 11.3 Å². The Bertz CT molecular complexity index is 714. The van der Waals surface area contributed by atoms with Gasteiger partial charge in [0.25, 0.3) is 0 Å². The Labute approximate surface area is 129 Å². The number of aliphatic hydroxyl groups excluding tert-OH is 1. The van der Waals surface area contributed by atoms with Gasteiger partial charge in [0.15, 0.2) is 0 Å². The molecule has 0 fully saturated rings. The van der Waals surface area contributed by atoms with E-state index in [1.807, 2.05) is 32.9 Å². The van der Waals surface area contributed by atoms with E-state index in [-0.39, 0.29) is 24.1 Å². The van der Waals surface area contributed by atoms with Crippen LogP contribution in [0.5, 0.6) is 0 Å². The van der Waals surface area contributed by atoms with Gasteiger partial charge in [0.1, 0.15) is 0 Å². The van der Waals surface area contributed by atoms with Crippen LogP contribution in [0.2, 0.25) is 0 Å². The molecule has 2 N–H and O–H groups in total. The zero-order valence-corrected chi connectivity index (χ0v) is 14.0. The van der Waals surface area contributed by atoms with Crippen molar-refractivity contribution in [2.24, 2.45) is 0 Å². The van der Waals surface area contributed by atoms with E-state index in [2.05, 4.69) is 4.72 Å². The standard InChI is InChI=1S/C14H20N2O3S2/c1-10(2)16-8-14(6-12(16)9-17)21(18,19)15-7-13-5-4-11(3)20-13/h4-6,8,10,15,17H,7,9H2,1-3H3. The number of thiophene rings is 1. The Hall–Kier alpha value is -1.15. The predicted octanol–water partition coefficient (Wildman–Crippen LogP) is 2.41. The van der Waals surface area contributed by atoms with Crippen molar-refractivity contribution in [3.05, 3.63) is 39.8 Å². The first kappa shape index (κ1) is 16.2. The van der Waals surface area contributed by atoms with Crippen LogP contribution in [0.15, 0.2) is 29.3 Å². The van der Waals surface area contributed by atoms with Gasteiger partial charge in [0, 0.05) is 34.2 Å². The summed E-state index contributed by atoms with van der Waals surface area (Å²) in [5, 5.41) is 9.32. The molecule has 0 aliphatic heterocycles. The summed E-state index contributed by atoms with van der Waals surface area (Å²) in [7, 11) is -3.57. The molecule has 116 valence electrons. The zero-order chi connectivity index (χ0) is 15.6. The molecule has 2 aromatic heterocycles. The van der Waals surface area contributed by atoms with Crippen molar-refractivity contribution >= 4 is 21.4 Å². The quantitative estimate of drug-likeness (QED) is 0.855. The third kappa shape index (κ3) is 3.74. The first-order valence-electron chi connectivity index (χ1n) is 6.70. The molecule has 2 rings (SSSR count). The van der Waals surface area contributed by atoms with Gasteiger partial charge in [-0.25, -0.2) is 13.1 Å². The lowest BCUT2D eigenvalue weighted by Gasteiger charge is -2.10. The van der Waals surface area contributed by atoms with Crippen LogP contribution >= 0.6 is 11.3 Å². The minimum absolute atomic E-state index is 0.0936. The Morgan fingerprint density at radius 3 is 2.57 bits per heavy atom. The molecule has 7 heteroatoms. The van der Waals surface area contributed by atoms with Crippen LogP contribution in [0.25, 0.3) is 0 Å². The maximum absolute atomic E-state index is 12.3. The van der Waals surface area contributed by atoms with Crippen molar-refractivity contribution in [1.82, 2.24) is 9.29 Å². The molecule has 0 aromatic carbocycles. The first-order valence-corrected chi connectivity index (χ1v) is 9.00. The summed E-state index contributed by atoms with van der Waals surface area (Å²) < 4.78 is 29.0. The van der Waals surface area contributed by atoms with Crippen LogP contribution in [0.1, 0.15) is 35.3 Å². The van der Waals surface area contributed by atoms with Crippen molar-refractivity contribution in [3.63, 3.8) is 0 Å². The molecule has 0 amide bonds. The van der Waals surface area contributed by atoms with Crippen LogP contribution in [0.4, 0.5) is 0 Å². The topological polar surface area (TPSA) is 71.3 Å². The van der Waals surface area contributed by atoms with Gasteiger partial charge in [-0.05, 0) is 39.0 Å². The van der Waals surface area contributed by atoms with Gasteiger partial charge >= 0.3 is 0 Å². The number of aromatic nitrogens is 1. The van der Waals surface area contributed by atoms with E-state index in [1.165, 1.54) is 6.07 Å². The molecule has 2 aromatic rings. The van der Waals surface area contributed by atoms with Crippen LogP contribution in [-0.2, 0) is 23.2 Å². The second kappa shape index (κ2) is 6.31. The minimum atomic E-state index is -3.57. The van der Waals surface area contributed by atoms with E-state index in [4.69, 9.17) is 0 Å². The molecule has 0 atom stereocenters. The fourth-order valence-electron chi connectivity index (χ4n) is 2.08. The number of hydrogen-bond acceptors (Lipinski definition) is 4. The second-order valence-corrected chi connectivity index (χ2v) is 8.30. The first-order chi connectivity index (χ1) is 9.83. The smallest absolute Gasteiger partial charge is 0.242 e. The monoisotopic (exact) mass is 328 g/mol. The Balaban J connectivity index is 2.19. The van der Waals surface area contributed by atoms with Gasteiger partial charge in [0.05, 0.1) is 11.5 Å². The number of nitrogens with one attached hydrogen (secondary N) is 1. The summed E-state index contributed by atoms with van der Waals surface area (Å²) in [6.45, 7) is 5.97. The molecule has 21 heavy (non-hydrogen) atoms. The van der Waals surface area contributed by atoms with Gasteiger partial charge in [0.2, 0.25) is 10.0 Å². The van der Waals surface area contributed by atoms with Crippen molar-refractivity contribution in [2.45, 2.75) is 44.9 Å². The van der Waals surface area contributed by atoms with Crippen molar-refractivity contribution in [1.29, 1.82) is 0 Å². The summed E-state index contributed by atoms with van der Waals surface area (Å²) in [4.78, 5) is 2.31. The molecule has 0 spiro atoms. The molecular formula is C14H20N2O3S2. The van der Waals surface area contributed by atoms with Gasteiger partial charge < -0.3 is 9.67 Å². The van der Waals surface area contributed by atoms with Crippen LogP contribution in [-0.4, -0.2) is 18.1 Å². The minimum Gasteiger partial charge on any atom is -0.390 e. The van der Waals surface area contributed by atoms with Crippen LogP contribution in [0.3, 0.4) is 0 Å². The molecule has 0 saturated heterocycles. The highest BCUT2D eigenvalue weighted by Crippen LogP contribution is 2.20. The highest BCUT2D eigenvalue weighted by Gasteiger charge is 2.19. The number of sulfonamides is 1. The van der Waals surface area contributed by atoms with E-state index in [0.29, 0.717) is 5.69 Å². The maximum atomic E-state index is 12.3. The van der Waals surface area contributed by atoms with E-state index >= 15 is 0 Å². The average molecular weight is 328 g/mol. The zero-order valence-electron chi connectivity index (χ0n) is 12.3. The molecular weight excluding hydrogens is 308 g/mol. The molecule has 0 aliphatic rings. The Morgan fingerprint density at radius 1 is 1.38 bits per heavy atom. The fraction of sp³-hybridized carbons (Fsp3) is 0.429. The largest absolute Gasteiger partial charge is 0.390 e. The summed E-state index contributed by atoms with van der Waals surface area (Å²) in [6, 6.07) is 5.49. The highest BCUT2D eigenvalue weighted by molar-refractivity contribution is 7.89. The molecule has 0 unspecified atom stereocenters. The molecule has 2 heterocycles. The SMILES string of the molecule is Cc1ccc(CNS(=O)(=O)c2cc(CO)n(C(C)C)c2)s1. The predicted molar refractivity (Wildman–Crippen MR) is 83.8 cm³/mol. The van der Waals surface area contributed by atoms with Crippen LogP contribution < -0.4 is 4.72 Å². The summed E-state index contributed by atoms with van der Waals surface area (Å²) >= 11 is 1.57. The lowest BCUT2D eigenvalue weighted by molar-refractivity contribution is 0.268. The van der Waals surface area contributed by atoms with Crippen molar-refractivity contribution in [2.75, 3.05) is 0 Å². The third-order valence-electron chi connectivity index (χ3n) is 3.17. The van der Waals surface area contributed by atoms with Crippen molar-refractivity contribution < 1.29 is 13.5 Å². The van der Waals surface area contributed by atoms with E-state index in [1.54, 1.807) is 22.1 Å². The number of nitrogens with zero attached hydrogens (tertiary/aromatic N) is 1. The summed E-state index contributed by atoms with van der Waals surface area (Å²) in [5.74, 6) is 0. The van der Waals surface area contributed by atoms with Gasteiger partial charge in [-0.2, -0.15) is 0 Å². The molecule has 0 bridgehead atoms. The maximum Gasteiger partial charge on any atom is 0.242 e. The van der Waals surface area contributed by atoms with E-state index in [0.717, 1.165) is 9.75 Å². The highest BCUT2D eigenvalue weighted by atomic mass is 32.2. The summed E-state index contributed by atoms with van der Waals surface area (Å²) in [6.07, 6.45) is 1.57. The van der Waals surface area contributed by atoms with Gasteiger partial charge in [-0.1, -0.05) is 0 Å². The van der Waals surface area contributed by atoms with Crippen LogP contribution in [0, 0.1) is 6.92 Å². The lowest BCUT2D eigenvalue weighted by atomic mass is 10.3. The molecule has 0 saturated carbocycles. The fourth-order valence-corrected chi connectivity index (χ4v) is 4.06. The van der Waals surface area contributed by atoms with Gasteiger partial charge in [-0.3, -0.25) is 0 Å². The molecule has 0 radical (unpaired) electrons. The van der Waals surface area contributed by atoms with E-state index < -0.39 is 10.0 Å². The third-order valence-corrected chi connectivity index (χ3v) is 5.54. The van der Waals surface area contributed by atoms with E-state index in [9.17, 15) is 13.5 Å². The Kier molecular flexibility index (Phi) is 4.88.